The molecule has 6 heteroatoms. The van der Waals surface area contributed by atoms with Crippen LogP contribution in [0.15, 0.2) is 24.3 Å². The van der Waals surface area contributed by atoms with Crippen molar-refractivity contribution in [2.45, 2.75) is 44.5 Å². The molecule has 0 aliphatic carbocycles. The van der Waals surface area contributed by atoms with Crippen LogP contribution in [-0.2, 0) is 5.41 Å². The standard InChI is InChI=1S/C13H18F3NO.ClH/c1-12(2,3)9-6-4-8(5-7-9)10(17)11(18)13(14,15)16;/h4-7,10-11,18H,17H2,1-3H3;1H/t10-,11-;/m0./s1. The molecule has 0 saturated heterocycles. The maximum atomic E-state index is 12.3. The number of aliphatic hydroxyl groups is 1. The summed E-state index contributed by atoms with van der Waals surface area (Å²) in [4.78, 5) is 0. The van der Waals surface area contributed by atoms with Gasteiger partial charge >= 0.3 is 6.18 Å². The summed E-state index contributed by atoms with van der Waals surface area (Å²) < 4.78 is 37.0. The van der Waals surface area contributed by atoms with E-state index < -0.39 is 18.3 Å². The Kier molecular flexibility index (Phi) is 5.86. The first kappa shape index (κ1) is 18.2. The van der Waals surface area contributed by atoms with Crippen LogP contribution in [0.1, 0.15) is 37.9 Å². The summed E-state index contributed by atoms with van der Waals surface area (Å²) in [6, 6.07) is 5.07. The smallest absolute Gasteiger partial charge is 0.382 e. The molecule has 2 nitrogen and oxygen atoms in total. The summed E-state index contributed by atoms with van der Waals surface area (Å²) in [6.07, 6.45) is -7.25. The van der Waals surface area contributed by atoms with E-state index in [4.69, 9.17) is 10.8 Å². The highest BCUT2D eigenvalue weighted by Crippen LogP contribution is 2.30. The first-order chi connectivity index (χ1) is 8.03. The molecule has 19 heavy (non-hydrogen) atoms. The number of nitrogens with two attached hydrogens (primary N) is 1. The zero-order valence-corrected chi connectivity index (χ0v) is 11.8. The van der Waals surface area contributed by atoms with Gasteiger partial charge in [0.05, 0.1) is 6.04 Å². The Labute approximate surface area is 117 Å². The second-order valence-corrected chi connectivity index (χ2v) is 5.38. The number of aliphatic hydroxyl groups excluding tert-OH is 1. The molecule has 0 amide bonds. The Morgan fingerprint density at radius 3 is 1.79 bits per heavy atom. The molecular formula is C13H19ClF3NO. The van der Waals surface area contributed by atoms with Crippen LogP contribution in [0.4, 0.5) is 13.2 Å². The summed E-state index contributed by atoms with van der Waals surface area (Å²) in [5.74, 6) is 0. The minimum Gasteiger partial charge on any atom is -0.382 e. The van der Waals surface area contributed by atoms with Crippen LogP contribution >= 0.6 is 12.4 Å². The van der Waals surface area contributed by atoms with Crippen molar-refractivity contribution in [1.82, 2.24) is 0 Å². The van der Waals surface area contributed by atoms with Crippen molar-refractivity contribution in [3.05, 3.63) is 35.4 Å². The van der Waals surface area contributed by atoms with Crippen LogP contribution in [0.3, 0.4) is 0 Å². The molecule has 0 radical (unpaired) electrons. The number of hydrogen-bond acceptors (Lipinski definition) is 2. The van der Waals surface area contributed by atoms with Crippen LogP contribution in [0.5, 0.6) is 0 Å². The van der Waals surface area contributed by atoms with E-state index in [1.165, 1.54) is 12.1 Å². The number of halogens is 4. The third-order valence-corrected chi connectivity index (χ3v) is 2.84. The summed E-state index contributed by atoms with van der Waals surface area (Å²) in [6.45, 7) is 6.02. The molecule has 0 bridgehead atoms. The highest BCUT2D eigenvalue weighted by Gasteiger charge is 2.42. The molecule has 1 rings (SSSR count). The van der Waals surface area contributed by atoms with Crippen molar-refractivity contribution in [2.24, 2.45) is 5.73 Å². The quantitative estimate of drug-likeness (QED) is 0.879. The molecule has 0 aliphatic heterocycles. The Morgan fingerprint density at radius 1 is 1.05 bits per heavy atom. The van der Waals surface area contributed by atoms with Gasteiger partial charge < -0.3 is 10.8 Å². The van der Waals surface area contributed by atoms with Gasteiger partial charge in [-0.15, -0.1) is 12.4 Å². The molecule has 0 fully saturated rings. The fourth-order valence-corrected chi connectivity index (χ4v) is 1.59. The van der Waals surface area contributed by atoms with Gasteiger partial charge in [0, 0.05) is 0 Å². The lowest BCUT2D eigenvalue weighted by atomic mass is 9.86. The number of benzene rings is 1. The van der Waals surface area contributed by atoms with Gasteiger partial charge in [0.2, 0.25) is 0 Å². The topological polar surface area (TPSA) is 46.2 Å². The SMILES string of the molecule is CC(C)(C)c1ccc([C@H](N)[C@H](O)C(F)(F)F)cc1.Cl. The van der Waals surface area contributed by atoms with Crippen molar-refractivity contribution in [2.75, 3.05) is 0 Å². The number of alkyl halides is 3. The van der Waals surface area contributed by atoms with Gasteiger partial charge in [-0.25, -0.2) is 0 Å². The van der Waals surface area contributed by atoms with Gasteiger partial charge in [0.1, 0.15) is 0 Å². The molecule has 0 saturated carbocycles. The summed E-state index contributed by atoms with van der Waals surface area (Å²) >= 11 is 0. The lowest BCUT2D eigenvalue weighted by Crippen LogP contribution is -2.38. The predicted octanol–water partition coefficient (Wildman–Crippen LogP) is 3.33. The third kappa shape index (κ3) is 4.67. The molecule has 1 aromatic carbocycles. The molecule has 1 aromatic rings. The number of rotatable bonds is 2. The van der Waals surface area contributed by atoms with Crippen LogP contribution in [0, 0.1) is 0 Å². The van der Waals surface area contributed by atoms with Crippen molar-refractivity contribution >= 4 is 12.4 Å². The monoisotopic (exact) mass is 297 g/mol. The average Bonchev–Trinajstić information content (AvgIpc) is 2.25. The zero-order valence-electron chi connectivity index (χ0n) is 11.0. The van der Waals surface area contributed by atoms with Gasteiger partial charge in [-0.3, -0.25) is 0 Å². The van der Waals surface area contributed by atoms with E-state index >= 15 is 0 Å². The van der Waals surface area contributed by atoms with Crippen LogP contribution < -0.4 is 5.73 Å². The second-order valence-electron chi connectivity index (χ2n) is 5.38. The van der Waals surface area contributed by atoms with E-state index in [2.05, 4.69) is 0 Å². The molecule has 110 valence electrons. The summed E-state index contributed by atoms with van der Waals surface area (Å²) in [5, 5.41) is 9.09. The maximum absolute atomic E-state index is 12.3. The first-order valence-corrected chi connectivity index (χ1v) is 5.64. The molecular weight excluding hydrogens is 279 g/mol. The molecule has 0 aliphatic rings. The van der Waals surface area contributed by atoms with E-state index in [-0.39, 0.29) is 23.4 Å². The Balaban J connectivity index is 0.00000324. The Morgan fingerprint density at radius 2 is 1.47 bits per heavy atom. The lowest BCUT2D eigenvalue weighted by Gasteiger charge is -2.23. The number of hydrogen-bond donors (Lipinski definition) is 2. The van der Waals surface area contributed by atoms with Gasteiger partial charge in [0.25, 0.3) is 0 Å². The molecule has 2 atom stereocenters. The molecule has 0 spiro atoms. The lowest BCUT2D eigenvalue weighted by molar-refractivity contribution is -0.210. The first-order valence-electron chi connectivity index (χ1n) is 5.64. The van der Waals surface area contributed by atoms with E-state index in [1.807, 2.05) is 20.8 Å². The summed E-state index contributed by atoms with van der Waals surface area (Å²) in [7, 11) is 0. The highest BCUT2D eigenvalue weighted by atomic mass is 35.5. The predicted molar refractivity (Wildman–Crippen MR) is 71.4 cm³/mol. The van der Waals surface area contributed by atoms with Gasteiger partial charge in [-0.2, -0.15) is 13.2 Å². The van der Waals surface area contributed by atoms with E-state index in [0.717, 1.165) is 5.56 Å². The summed E-state index contributed by atoms with van der Waals surface area (Å²) in [5.41, 5.74) is 6.61. The van der Waals surface area contributed by atoms with Crippen LogP contribution in [0.2, 0.25) is 0 Å². The molecule has 0 aromatic heterocycles. The van der Waals surface area contributed by atoms with Crippen molar-refractivity contribution in [1.29, 1.82) is 0 Å². The van der Waals surface area contributed by atoms with E-state index in [0.29, 0.717) is 0 Å². The minimum absolute atomic E-state index is 0. The second kappa shape index (κ2) is 6.11. The van der Waals surface area contributed by atoms with Gasteiger partial charge in [-0.1, -0.05) is 45.0 Å². The van der Waals surface area contributed by atoms with Crippen molar-refractivity contribution in [3.63, 3.8) is 0 Å². The van der Waals surface area contributed by atoms with Gasteiger partial charge in [-0.05, 0) is 16.5 Å². The normalized spacial score (nSPS) is 15.6. The largest absolute Gasteiger partial charge is 0.416 e. The fourth-order valence-electron chi connectivity index (χ4n) is 1.59. The van der Waals surface area contributed by atoms with Crippen LogP contribution in [0.25, 0.3) is 0 Å². The van der Waals surface area contributed by atoms with Crippen molar-refractivity contribution < 1.29 is 18.3 Å². The Bertz CT molecular complexity index is 398. The van der Waals surface area contributed by atoms with Crippen molar-refractivity contribution in [3.8, 4) is 0 Å². The fraction of sp³-hybridized carbons (Fsp3) is 0.538. The van der Waals surface area contributed by atoms with E-state index in [9.17, 15) is 13.2 Å². The molecule has 0 unspecified atom stereocenters. The van der Waals surface area contributed by atoms with Crippen LogP contribution in [-0.4, -0.2) is 17.4 Å². The molecule has 0 heterocycles. The van der Waals surface area contributed by atoms with Gasteiger partial charge in [0.15, 0.2) is 6.10 Å². The minimum atomic E-state index is -4.71. The highest BCUT2D eigenvalue weighted by molar-refractivity contribution is 5.85. The zero-order chi connectivity index (χ0) is 14.1. The molecule has 3 N–H and O–H groups in total. The van der Waals surface area contributed by atoms with E-state index in [1.54, 1.807) is 12.1 Å². The average molecular weight is 298 g/mol. The Hall–Kier alpha value is -0.780. The third-order valence-electron chi connectivity index (χ3n) is 2.84. The maximum Gasteiger partial charge on any atom is 0.416 e.